The van der Waals surface area contributed by atoms with Crippen LogP contribution in [0.1, 0.15) is 65.7 Å². The summed E-state index contributed by atoms with van der Waals surface area (Å²) in [7, 11) is -3.34. The average Bonchev–Trinajstić information content (AvgIpc) is 3.28. The predicted octanol–water partition coefficient (Wildman–Crippen LogP) is 4.63. The first-order valence-electron chi connectivity index (χ1n) is 12.7. The van der Waals surface area contributed by atoms with Crippen LogP contribution in [-0.2, 0) is 22.9 Å². The van der Waals surface area contributed by atoms with E-state index in [2.05, 4.69) is 10.2 Å². The highest BCUT2D eigenvalue weighted by atomic mass is 32.2. The normalized spacial score (nSPS) is 21.4. The number of benzene rings is 2. The van der Waals surface area contributed by atoms with Gasteiger partial charge in [-0.2, -0.15) is 13.2 Å². The molecule has 0 bridgehead atoms. The Bertz CT molecular complexity index is 1210. The van der Waals surface area contributed by atoms with Gasteiger partial charge in [0.2, 0.25) is 0 Å². The molecule has 10 heteroatoms. The number of rotatable bonds is 8. The van der Waals surface area contributed by atoms with E-state index in [0.29, 0.717) is 37.1 Å². The fourth-order valence-electron chi connectivity index (χ4n) is 5.32. The zero-order valence-electron chi connectivity index (χ0n) is 20.8. The summed E-state index contributed by atoms with van der Waals surface area (Å²) in [5, 5.41) is 12.7. The van der Waals surface area contributed by atoms with Crippen molar-refractivity contribution in [2.24, 2.45) is 11.8 Å². The van der Waals surface area contributed by atoms with Crippen molar-refractivity contribution in [1.82, 2.24) is 10.2 Å². The Balaban J connectivity index is 1.35. The smallest absolute Gasteiger partial charge is 0.391 e. The summed E-state index contributed by atoms with van der Waals surface area (Å²) in [5.41, 5.74) is 3.17. The van der Waals surface area contributed by atoms with Crippen molar-refractivity contribution in [3.63, 3.8) is 0 Å². The number of halogens is 3. The minimum atomic E-state index is -4.10. The molecule has 1 heterocycles. The highest BCUT2D eigenvalue weighted by Crippen LogP contribution is 2.40. The van der Waals surface area contributed by atoms with E-state index in [0.717, 1.165) is 17.7 Å². The van der Waals surface area contributed by atoms with Crippen LogP contribution in [-0.4, -0.2) is 49.4 Å². The van der Waals surface area contributed by atoms with Crippen molar-refractivity contribution >= 4 is 15.7 Å². The van der Waals surface area contributed by atoms with E-state index in [1.807, 2.05) is 12.1 Å². The van der Waals surface area contributed by atoms with Crippen LogP contribution in [0.2, 0.25) is 0 Å². The SMILES string of the molecule is CCS(=O)(=O)c1ccc([C@H](CO)NC(=O)c2ccc3c(c2)CN(C[C@H]2CC[C@H](C(F)(F)F)CC2)C3)cc1. The van der Waals surface area contributed by atoms with E-state index >= 15 is 0 Å². The number of nitrogens with zero attached hydrogens (tertiary/aromatic N) is 1. The second-order valence-electron chi connectivity index (χ2n) is 10.1. The molecule has 1 amide bonds. The summed E-state index contributed by atoms with van der Waals surface area (Å²) >= 11 is 0. The zero-order valence-corrected chi connectivity index (χ0v) is 21.6. The van der Waals surface area contributed by atoms with E-state index in [1.54, 1.807) is 25.1 Å². The summed E-state index contributed by atoms with van der Waals surface area (Å²) in [6.07, 6.45) is -2.54. The molecule has 37 heavy (non-hydrogen) atoms. The number of carbonyl (C=O) groups excluding carboxylic acids is 1. The van der Waals surface area contributed by atoms with E-state index in [1.165, 1.54) is 12.1 Å². The molecular weight excluding hydrogens is 505 g/mol. The fourth-order valence-corrected chi connectivity index (χ4v) is 6.21. The van der Waals surface area contributed by atoms with E-state index in [4.69, 9.17) is 0 Å². The van der Waals surface area contributed by atoms with Gasteiger partial charge in [0.25, 0.3) is 5.91 Å². The topological polar surface area (TPSA) is 86.7 Å². The molecule has 2 aromatic carbocycles. The van der Waals surface area contributed by atoms with E-state index in [-0.39, 0.29) is 41.9 Å². The average molecular weight is 539 g/mol. The summed E-state index contributed by atoms with van der Waals surface area (Å²) in [5.74, 6) is -1.29. The van der Waals surface area contributed by atoms with E-state index in [9.17, 15) is 31.5 Å². The van der Waals surface area contributed by atoms with Gasteiger partial charge in [0.1, 0.15) is 0 Å². The first-order valence-corrected chi connectivity index (χ1v) is 14.3. The van der Waals surface area contributed by atoms with Crippen LogP contribution in [0, 0.1) is 11.8 Å². The first-order chi connectivity index (χ1) is 17.5. The van der Waals surface area contributed by atoms with Gasteiger partial charge in [-0.1, -0.05) is 25.1 Å². The molecule has 0 unspecified atom stereocenters. The number of hydrogen-bond donors (Lipinski definition) is 2. The molecule has 1 atom stereocenters. The molecule has 0 radical (unpaired) electrons. The Morgan fingerprint density at radius 3 is 2.30 bits per heavy atom. The molecule has 0 saturated heterocycles. The number of amides is 1. The van der Waals surface area contributed by atoms with Gasteiger partial charge < -0.3 is 10.4 Å². The Morgan fingerprint density at radius 1 is 1.05 bits per heavy atom. The maximum absolute atomic E-state index is 12.9. The Morgan fingerprint density at radius 2 is 1.70 bits per heavy atom. The first kappa shape index (κ1) is 27.6. The maximum Gasteiger partial charge on any atom is 0.391 e. The second-order valence-corrected chi connectivity index (χ2v) is 12.4. The summed E-state index contributed by atoms with van der Waals surface area (Å²) < 4.78 is 62.9. The van der Waals surface area contributed by atoms with Crippen LogP contribution in [0.3, 0.4) is 0 Å². The molecule has 1 saturated carbocycles. The Hall–Kier alpha value is -2.43. The maximum atomic E-state index is 12.9. The molecular formula is C27H33F3N2O4S. The van der Waals surface area contributed by atoms with Crippen molar-refractivity contribution in [3.05, 3.63) is 64.7 Å². The quantitative estimate of drug-likeness (QED) is 0.512. The van der Waals surface area contributed by atoms with Gasteiger partial charge in [-0.3, -0.25) is 9.69 Å². The fraction of sp³-hybridized carbons (Fsp3) is 0.519. The molecule has 1 aliphatic carbocycles. The molecule has 6 nitrogen and oxygen atoms in total. The minimum Gasteiger partial charge on any atom is -0.394 e. The van der Waals surface area contributed by atoms with Crippen LogP contribution >= 0.6 is 0 Å². The largest absolute Gasteiger partial charge is 0.394 e. The molecule has 2 N–H and O–H groups in total. The lowest BCUT2D eigenvalue weighted by atomic mass is 9.81. The number of sulfone groups is 1. The van der Waals surface area contributed by atoms with Crippen LogP contribution in [0.4, 0.5) is 13.2 Å². The highest BCUT2D eigenvalue weighted by molar-refractivity contribution is 7.91. The third kappa shape index (κ3) is 6.53. The minimum absolute atomic E-state index is 0.0125. The van der Waals surface area contributed by atoms with Gasteiger partial charge in [0, 0.05) is 25.2 Å². The summed E-state index contributed by atoms with van der Waals surface area (Å²) in [6, 6.07) is 10.9. The number of aliphatic hydroxyl groups is 1. The lowest BCUT2D eigenvalue weighted by Gasteiger charge is -2.32. The number of fused-ring (bicyclic) bond motifs is 1. The van der Waals surface area contributed by atoms with Crippen LogP contribution in [0.25, 0.3) is 0 Å². The predicted molar refractivity (Wildman–Crippen MR) is 134 cm³/mol. The van der Waals surface area contributed by atoms with Crippen LogP contribution < -0.4 is 5.32 Å². The molecule has 4 rings (SSSR count). The molecule has 2 aromatic rings. The monoisotopic (exact) mass is 538 g/mol. The number of alkyl halides is 3. The van der Waals surface area contributed by atoms with Crippen molar-refractivity contribution in [1.29, 1.82) is 0 Å². The van der Waals surface area contributed by atoms with Crippen molar-refractivity contribution in [2.45, 2.75) is 62.8 Å². The molecule has 202 valence electrons. The van der Waals surface area contributed by atoms with E-state index < -0.39 is 28.0 Å². The third-order valence-electron chi connectivity index (χ3n) is 7.59. The van der Waals surface area contributed by atoms with Crippen molar-refractivity contribution in [3.8, 4) is 0 Å². The van der Waals surface area contributed by atoms with Crippen LogP contribution in [0.15, 0.2) is 47.4 Å². The van der Waals surface area contributed by atoms with Gasteiger partial charge in [0.15, 0.2) is 9.84 Å². The van der Waals surface area contributed by atoms with Crippen LogP contribution in [0.5, 0.6) is 0 Å². The Kier molecular flexibility index (Phi) is 8.30. The summed E-state index contributed by atoms with van der Waals surface area (Å²) in [4.78, 5) is 15.4. The van der Waals surface area contributed by atoms with Gasteiger partial charge in [-0.25, -0.2) is 8.42 Å². The highest BCUT2D eigenvalue weighted by Gasteiger charge is 2.41. The molecule has 1 aliphatic heterocycles. The lowest BCUT2D eigenvalue weighted by molar-refractivity contribution is -0.184. The number of nitrogens with one attached hydrogen (secondary N) is 1. The Labute approximate surface area is 215 Å². The van der Waals surface area contributed by atoms with Crippen molar-refractivity contribution < 1.29 is 31.5 Å². The number of carbonyl (C=O) groups is 1. The van der Waals surface area contributed by atoms with Crippen molar-refractivity contribution in [2.75, 3.05) is 18.9 Å². The molecule has 0 aromatic heterocycles. The van der Waals surface area contributed by atoms with Gasteiger partial charge in [-0.05, 0) is 72.6 Å². The second kappa shape index (κ2) is 11.1. The number of aliphatic hydroxyl groups excluding tert-OH is 1. The lowest BCUT2D eigenvalue weighted by Crippen LogP contribution is -2.32. The van der Waals surface area contributed by atoms with Gasteiger partial charge >= 0.3 is 6.18 Å². The summed E-state index contributed by atoms with van der Waals surface area (Å²) in [6.45, 7) is 3.33. The molecule has 0 spiro atoms. The molecule has 1 fully saturated rings. The number of hydrogen-bond acceptors (Lipinski definition) is 5. The standard InChI is InChI=1S/C27H33F3N2O4S/c1-2-37(35,36)24-11-7-19(8-12-24)25(17-33)31-26(34)20-5-6-21-15-32(16-22(21)13-20)14-18-3-9-23(10-4-18)27(28,29)30/h5-8,11-13,18,23,25,33H,2-4,9-10,14-17H2,1H3,(H,31,34)/t18-,23-,25-/m0/s1. The molecule has 2 aliphatic rings. The zero-order chi connectivity index (χ0) is 26.8. The van der Waals surface area contributed by atoms with Gasteiger partial charge in [0.05, 0.1) is 29.2 Å². The third-order valence-corrected chi connectivity index (χ3v) is 9.34. The van der Waals surface area contributed by atoms with Gasteiger partial charge in [-0.15, -0.1) is 0 Å².